The fourth-order valence-corrected chi connectivity index (χ4v) is 6.92. The Hall–Kier alpha value is -5.14. The van der Waals surface area contributed by atoms with E-state index in [9.17, 15) is 0 Å². The SMILES string of the molecule is c1ccc2c(c1)C1=C(c3cccc4ccccc34)c3ccccc3C1=C2c1ccc2[nH]c3ccccc3c2c1. The average molecular weight is 494 g/mol. The number of allylic oxidation sites excluding steroid dienone is 2. The van der Waals surface area contributed by atoms with Gasteiger partial charge >= 0.3 is 0 Å². The maximum absolute atomic E-state index is 3.60. The van der Waals surface area contributed by atoms with Crippen LogP contribution >= 0.6 is 0 Å². The number of para-hydroxylation sites is 1. The lowest BCUT2D eigenvalue weighted by Gasteiger charge is -2.13. The third-order valence-electron chi connectivity index (χ3n) is 8.54. The molecule has 1 nitrogen and oxygen atoms in total. The van der Waals surface area contributed by atoms with Gasteiger partial charge in [0.2, 0.25) is 0 Å². The summed E-state index contributed by atoms with van der Waals surface area (Å²) in [4.78, 5) is 3.60. The first-order valence-corrected chi connectivity index (χ1v) is 13.5. The normalized spacial score (nSPS) is 13.9. The molecule has 0 aliphatic heterocycles. The van der Waals surface area contributed by atoms with Crippen molar-refractivity contribution in [3.05, 3.63) is 167 Å². The first-order valence-electron chi connectivity index (χ1n) is 13.5. The van der Waals surface area contributed by atoms with Crippen molar-refractivity contribution in [3.63, 3.8) is 0 Å². The lowest BCUT2D eigenvalue weighted by Crippen LogP contribution is -1.93. The van der Waals surface area contributed by atoms with Gasteiger partial charge in [0.1, 0.15) is 0 Å². The minimum absolute atomic E-state index is 1.18. The molecule has 39 heavy (non-hydrogen) atoms. The van der Waals surface area contributed by atoms with E-state index in [1.54, 1.807) is 0 Å². The molecule has 1 heteroatoms. The number of aromatic nitrogens is 1. The molecule has 1 heterocycles. The molecule has 0 fully saturated rings. The topological polar surface area (TPSA) is 15.8 Å². The van der Waals surface area contributed by atoms with Gasteiger partial charge in [-0.15, -0.1) is 0 Å². The van der Waals surface area contributed by atoms with Crippen LogP contribution in [0.25, 0.3) is 54.9 Å². The summed E-state index contributed by atoms with van der Waals surface area (Å²) in [6.07, 6.45) is 0. The highest BCUT2D eigenvalue weighted by Gasteiger charge is 2.37. The molecule has 0 bridgehead atoms. The van der Waals surface area contributed by atoms with Gasteiger partial charge in [-0.2, -0.15) is 0 Å². The monoisotopic (exact) mass is 493 g/mol. The van der Waals surface area contributed by atoms with Crippen LogP contribution in [0.5, 0.6) is 0 Å². The van der Waals surface area contributed by atoms with Gasteiger partial charge in [-0.25, -0.2) is 0 Å². The summed E-state index contributed by atoms with van der Waals surface area (Å²) >= 11 is 0. The highest BCUT2D eigenvalue weighted by molar-refractivity contribution is 6.36. The van der Waals surface area contributed by atoms with E-state index in [0.29, 0.717) is 0 Å². The Morgan fingerprint density at radius 3 is 1.67 bits per heavy atom. The lowest BCUT2D eigenvalue weighted by molar-refractivity contribution is 1.52. The van der Waals surface area contributed by atoms with Crippen LogP contribution in [0.1, 0.15) is 33.4 Å². The molecular weight excluding hydrogens is 470 g/mol. The highest BCUT2D eigenvalue weighted by Crippen LogP contribution is 2.58. The van der Waals surface area contributed by atoms with E-state index < -0.39 is 0 Å². The van der Waals surface area contributed by atoms with Crippen molar-refractivity contribution >= 4 is 54.9 Å². The van der Waals surface area contributed by atoms with Crippen LogP contribution in [0.3, 0.4) is 0 Å². The number of hydrogen-bond donors (Lipinski definition) is 1. The summed E-state index contributed by atoms with van der Waals surface area (Å²) in [7, 11) is 0. The molecule has 2 aliphatic carbocycles. The number of nitrogens with one attached hydrogen (secondary N) is 1. The molecule has 7 aromatic rings. The first kappa shape index (κ1) is 20.9. The minimum Gasteiger partial charge on any atom is -0.355 e. The van der Waals surface area contributed by atoms with E-state index in [-0.39, 0.29) is 0 Å². The molecule has 180 valence electrons. The van der Waals surface area contributed by atoms with Gasteiger partial charge in [0.25, 0.3) is 0 Å². The second kappa shape index (κ2) is 7.69. The quantitative estimate of drug-likeness (QED) is 0.247. The molecule has 1 N–H and O–H groups in total. The Morgan fingerprint density at radius 2 is 0.872 bits per heavy atom. The summed E-state index contributed by atoms with van der Waals surface area (Å²) in [5.41, 5.74) is 15.6. The number of aromatic amines is 1. The molecule has 1 aromatic heterocycles. The van der Waals surface area contributed by atoms with Crippen molar-refractivity contribution in [3.8, 4) is 0 Å². The third-order valence-corrected chi connectivity index (χ3v) is 8.54. The van der Waals surface area contributed by atoms with Crippen molar-refractivity contribution in [1.82, 2.24) is 4.98 Å². The Kier molecular flexibility index (Phi) is 4.11. The maximum atomic E-state index is 3.60. The van der Waals surface area contributed by atoms with E-state index >= 15 is 0 Å². The van der Waals surface area contributed by atoms with Gasteiger partial charge in [-0.05, 0) is 84.6 Å². The molecule has 0 spiro atoms. The van der Waals surface area contributed by atoms with Crippen molar-refractivity contribution < 1.29 is 0 Å². The largest absolute Gasteiger partial charge is 0.355 e. The third kappa shape index (κ3) is 2.79. The standard InChI is InChI=1S/C38H23N/c1-2-12-25-23(10-1)11-9-18-27(25)36-29-15-4-6-17-31(29)37-35(28-14-3-5-16-30(28)38(36)37)24-20-21-34-32(22-24)26-13-7-8-19-33(26)39-34/h1-22,39H. The number of H-pyrrole nitrogens is 1. The van der Waals surface area contributed by atoms with Gasteiger partial charge in [-0.1, -0.05) is 115 Å². The molecule has 0 unspecified atom stereocenters. The molecule has 9 rings (SSSR count). The van der Waals surface area contributed by atoms with Crippen LogP contribution in [-0.2, 0) is 0 Å². The summed E-state index contributed by atoms with van der Waals surface area (Å²) < 4.78 is 0. The molecule has 2 aliphatic rings. The van der Waals surface area contributed by atoms with Gasteiger partial charge in [0.05, 0.1) is 0 Å². The highest BCUT2D eigenvalue weighted by atomic mass is 14.7. The second-order valence-electron chi connectivity index (χ2n) is 10.5. The first-order chi connectivity index (χ1) is 19.4. The number of benzene rings is 6. The molecular formula is C38H23N. The molecule has 0 saturated carbocycles. The fourth-order valence-electron chi connectivity index (χ4n) is 6.92. The zero-order valence-corrected chi connectivity index (χ0v) is 21.2. The van der Waals surface area contributed by atoms with Gasteiger partial charge < -0.3 is 4.98 Å². The van der Waals surface area contributed by atoms with Crippen LogP contribution in [0, 0.1) is 0 Å². The smallest absolute Gasteiger partial charge is 0.0465 e. The Bertz CT molecular complexity index is 2210. The van der Waals surface area contributed by atoms with Crippen molar-refractivity contribution in [2.75, 3.05) is 0 Å². The molecule has 0 amide bonds. The Labute approximate surface area is 226 Å². The maximum Gasteiger partial charge on any atom is 0.0465 e. The van der Waals surface area contributed by atoms with E-state index in [4.69, 9.17) is 0 Å². The summed E-state index contributed by atoms with van der Waals surface area (Å²) in [6, 6.07) is 48.9. The zero-order valence-electron chi connectivity index (χ0n) is 21.2. The molecule has 6 aromatic carbocycles. The number of fused-ring (bicyclic) bond motifs is 9. The van der Waals surface area contributed by atoms with Crippen molar-refractivity contribution in [2.24, 2.45) is 0 Å². The van der Waals surface area contributed by atoms with Crippen LogP contribution < -0.4 is 0 Å². The van der Waals surface area contributed by atoms with Gasteiger partial charge in [0.15, 0.2) is 0 Å². The van der Waals surface area contributed by atoms with Crippen LogP contribution in [0.2, 0.25) is 0 Å². The van der Waals surface area contributed by atoms with E-state index in [1.807, 2.05) is 0 Å². The van der Waals surface area contributed by atoms with Crippen LogP contribution in [0.15, 0.2) is 133 Å². The number of rotatable bonds is 2. The summed E-state index contributed by atoms with van der Waals surface area (Å²) in [5, 5.41) is 5.11. The molecule has 0 saturated heterocycles. The van der Waals surface area contributed by atoms with Crippen molar-refractivity contribution in [1.29, 1.82) is 0 Å². The van der Waals surface area contributed by atoms with Gasteiger partial charge in [-0.3, -0.25) is 0 Å². The van der Waals surface area contributed by atoms with Gasteiger partial charge in [0, 0.05) is 21.8 Å². The number of hydrogen-bond acceptors (Lipinski definition) is 0. The lowest BCUT2D eigenvalue weighted by atomic mass is 9.90. The van der Waals surface area contributed by atoms with Crippen LogP contribution in [0.4, 0.5) is 0 Å². The minimum atomic E-state index is 1.18. The Balaban J connectivity index is 1.42. The molecule has 0 radical (unpaired) electrons. The van der Waals surface area contributed by atoms with E-state index in [2.05, 4.69) is 138 Å². The predicted molar refractivity (Wildman–Crippen MR) is 164 cm³/mol. The molecule has 0 atom stereocenters. The van der Waals surface area contributed by atoms with Crippen LogP contribution in [-0.4, -0.2) is 4.98 Å². The van der Waals surface area contributed by atoms with E-state index in [0.717, 1.165) is 0 Å². The summed E-state index contributed by atoms with van der Waals surface area (Å²) in [6.45, 7) is 0. The predicted octanol–water partition coefficient (Wildman–Crippen LogP) is 9.72. The zero-order chi connectivity index (χ0) is 25.5. The van der Waals surface area contributed by atoms with Crippen molar-refractivity contribution in [2.45, 2.75) is 0 Å². The van der Waals surface area contributed by atoms with E-state index in [1.165, 1.54) is 88.3 Å². The Morgan fingerprint density at radius 1 is 0.333 bits per heavy atom. The summed E-state index contributed by atoms with van der Waals surface area (Å²) in [5.74, 6) is 0. The fraction of sp³-hybridized carbons (Fsp3) is 0. The average Bonchev–Trinajstić information content (AvgIpc) is 3.64. The second-order valence-corrected chi connectivity index (χ2v) is 10.5.